The molecule has 0 spiro atoms. The average molecular weight is 251 g/mol. The normalized spacial score (nSPS) is 24.6. The minimum absolute atomic E-state index is 0.0225. The van der Waals surface area contributed by atoms with Crippen LogP contribution in [-0.4, -0.2) is 11.7 Å². The summed E-state index contributed by atoms with van der Waals surface area (Å²) in [7, 11) is 0. The van der Waals surface area contributed by atoms with Gasteiger partial charge in [0.05, 0.1) is 10.6 Å². The molecule has 0 unspecified atom stereocenters. The summed E-state index contributed by atoms with van der Waals surface area (Å²) in [6, 6.07) is 3.95. The van der Waals surface area contributed by atoms with E-state index in [0.29, 0.717) is 5.56 Å². The number of benzene rings is 1. The number of aliphatic hydroxyl groups is 1. The standard InChI is InChI=1S/C11H10ClF3O/c12-10-2-1-6(8-3-7(8)5-16)4-9(10)11(13,14)15/h1-2,4,7-8,16H,3,5H2/t7-,8-/m0/s1. The summed E-state index contributed by atoms with van der Waals surface area (Å²) in [5.74, 6) is 0.144. The summed E-state index contributed by atoms with van der Waals surface area (Å²) in [5, 5.41) is 8.59. The monoisotopic (exact) mass is 250 g/mol. The molecule has 0 radical (unpaired) electrons. The maximum Gasteiger partial charge on any atom is 0.417 e. The van der Waals surface area contributed by atoms with Crippen LogP contribution in [-0.2, 0) is 6.18 Å². The van der Waals surface area contributed by atoms with Gasteiger partial charge < -0.3 is 5.11 Å². The fourth-order valence-electron chi connectivity index (χ4n) is 1.85. The minimum atomic E-state index is -4.42. The Labute approximate surface area is 95.8 Å². The number of alkyl halides is 3. The first-order chi connectivity index (χ1) is 7.43. The second-order valence-corrected chi connectivity index (χ2v) is 4.43. The third kappa shape index (κ3) is 2.18. The number of rotatable bonds is 2. The van der Waals surface area contributed by atoms with E-state index in [1.807, 2.05) is 0 Å². The van der Waals surface area contributed by atoms with E-state index in [1.165, 1.54) is 6.07 Å². The lowest BCUT2D eigenvalue weighted by Crippen LogP contribution is -2.06. The largest absolute Gasteiger partial charge is 0.417 e. The fraction of sp³-hybridized carbons (Fsp3) is 0.455. The zero-order chi connectivity index (χ0) is 11.9. The molecule has 1 aliphatic carbocycles. The highest BCUT2D eigenvalue weighted by atomic mass is 35.5. The summed E-state index contributed by atoms with van der Waals surface area (Å²) < 4.78 is 37.7. The van der Waals surface area contributed by atoms with Crippen molar-refractivity contribution < 1.29 is 18.3 Å². The van der Waals surface area contributed by atoms with Gasteiger partial charge in [-0.2, -0.15) is 13.2 Å². The Morgan fingerprint density at radius 3 is 2.56 bits per heavy atom. The Kier molecular flexibility index (Phi) is 2.88. The third-order valence-corrected chi connectivity index (χ3v) is 3.21. The number of aliphatic hydroxyl groups excluding tert-OH is 1. The molecule has 0 amide bonds. The predicted octanol–water partition coefficient (Wildman–Crippen LogP) is 3.45. The van der Waals surface area contributed by atoms with E-state index < -0.39 is 11.7 Å². The number of halogens is 4. The van der Waals surface area contributed by atoms with Crippen molar-refractivity contribution in [2.45, 2.75) is 18.5 Å². The molecular weight excluding hydrogens is 241 g/mol. The molecule has 1 aromatic rings. The molecule has 1 saturated carbocycles. The number of hydrogen-bond donors (Lipinski definition) is 1. The summed E-state index contributed by atoms with van der Waals surface area (Å²) in [6.07, 6.45) is -3.67. The highest BCUT2D eigenvalue weighted by Gasteiger charge is 2.40. The van der Waals surface area contributed by atoms with Crippen molar-refractivity contribution in [1.82, 2.24) is 0 Å². The summed E-state index contributed by atoms with van der Waals surface area (Å²) in [4.78, 5) is 0. The quantitative estimate of drug-likeness (QED) is 0.852. The van der Waals surface area contributed by atoms with Crippen molar-refractivity contribution in [3.8, 4) is 0 Å². The van der Waals surface area contributed by atoms with Crippen LogP contribution in [0, 0.1) is 5.92 Å². The molecule has 5 heteroatoms. The predicted molar refractivity (Wildman–Crippen MR) is 54.4 cm³/mol. The van der Waals surface area contributed by atoms with E-state index in [-0.39, 0.29) is 23.5 Å². The molecule has 0 aromatic heterocycles. The zero-order valence-electron chi connectivity index (χ0n) is 8.26. The molecule has 1 aliphatic rings. The van der Waals surface area contributed by atoms with Gasteiger partial charge in [0, 0.05) is 6.61 Å². The van der Waals surface area contributed by atoms with Gasteiger partial charge in [-0.3, -0.25) is 0 Å². The molecule has 0 aliphatic heterocycles. The van der Waals surface area contributed by atoms with Gasteiger partial charge >= 0.3 is 6.18 Å². The van der Waals surface area contributed by atoms with Crippen LogP contribution in [0.3, 0.4) is 0 Å². The van der Waals surface area contributed by atoms with Crippen LogP contribution >= 0.6 is 11.6 Å². The van der Waals surface area contributed by atoms with Crippen molar-refractivity contribution in [1.29, 1.82) is 0 Å². The van der Waals surface area contributed by atoms with Crippen molar-refractivity contribution in [2.75, 3.05) is 6.61 Å². The maximum atomic E-state index is 12.6. The van der Waals surface area contributed by atoms with E-state index in [0.717, 1.165) is 12.5 Å². The fourth-order valence-corrected chi connectivity index (χ4v) is 2.07. The smallest absolute Gasteiger partial charge is 0.396 e. The van der Waals surface area contributed by atoms with E-state index in [2.05, 4.69) is 0 Å². The summed E-state index contributed by atoms with van der Waals surface area (Å²) >= 11 is 5.51. The molecule has 0 saturated heterocycles. The summed E-state index contributed by atoms with van der Waals surface area (Å²) in [6.45, 7) is 0.0225. The van der Waals surface area contributed by atoms with Crippen molar-refractivity contribution >= 4 is 11.6 Å². The second kappa shape index (κ2) is 3.93. The molecule has 1 fully saturated rings. The Morgan fingerprint density at radius 1 is 1.38 bits per heavy atom. The zero-order valence-corrected chi connectivity index (χ0v) is 9.02. The minimum Gasteiger partial charge on any atom is -0.396 e. The molecule has 88 valence electrons. The molecule has 1 N–H and O–H groups in total. The van der Waals surface area contributed by atoms with Gasteiger partial charge in [0.2, 0.25) is 0 Å². The molecule has 1 nitrogen and oxygen atoms in total. The van der Waals surface area contributed by atoms with E-state index in [4.69, 9.17) is 16.7 Å². The van der Waals surface area contributed by atoms with Crippen LogP contribution in [0.15, 0.2) is 18.2 Å². The first-order valence-corrected chi connectivity index (χ1v) is 5.28. The Morgan fingerprint density at radius 2 is 2.06 bits per heavy atom. The van der Waals surface area contributed by atoms with Gasteiger partial charge in [0.25, 0.3) is 0 Å². The molecule has 0 heterocycles. The van der Waals surface area contributed by atoms with Gasteiger partial charge in [-0.25, -0.2) is 0 Å². The van der Waals surface area contributed by atoms with Gasteiger partial charge in [0.1, 0.15) is 0 Å². The highest BCUT2D eigenvalue weighted by Crippen LogP contribution is 2.48. The molecular formula is C11H10ClF3O. The molecule has 16 heavy (non-hydrogen) atoms. The first-order valence-electron chi connectivity index (χ1n) is 4.91. The lowest BCUT2D eigenvalue weighted by Gasteiger charge is -2.10. The Hall–Kier alpha value is -0.740. The van der Waals surface area contributed by atoms with Crippen molar-refractivity contribution in [2.24, 2.45) is 5.92 Å². The summed E-state index contributed by atoms with van der Waals surface area (Å²) in [5.41, 5.74) is -0.189. The van der Waals surface area contributed by atoms with Crippen LogP contribution in [0.5, 0.6) is 0 Å². The van der Waals surface area contributed by atoms with Crippen LogP contribution in [0.25, 0.3) is 0 Å². The topological polar surface area (TPSA) is 20.2 Å². The van der Waals surface area contributed by atoms with Gasteiger partial charge in [-0.1, -0.05) is 17.7 Å². The van der Waals surface area contributed by atoms with Crippen LogP contribution in [0.2, 0.25) is 5.02 Å². The Bertz CT molecular complexity index is 403. The van der Waals surface area contributed by atoms with Crippen LogP contribution in [0.4, 0.5) is 13.2 Å². The van der Waals surface area contributed by atoms with E-state index in [9.17, 15) is 13.2 Å². The highest BCUT2D eigenvalue weighted by molar-refractivity contribution is 6.31. The van der Waals surface area contributed by atoms with E-state index in [1.54, 1.807) is 6.07 Å². The molecule has 2 rings (SSSR count). The van der Waals surface area contributed by atoms with E-state index >= 15 is 0 Å². The molecule has 0 bridgehead atoms. The van der Waals surface area contributed by atoms with Crippen LogP contribution < -0.4 is 0 Å². The molecule has 1 aromatic carbocycles. The SMILES string of the molecule is OC[C@@H]1C[C@H]1c1ccc(Cl)c(C(F)(F)F)c1. The number of hydrogen-bond acceptors (Lipinski definition) is 1. The maximum absolute atomic E-state index is 12.6. The third-order valence-electron chi connectivity index (χ3n) is 2.88. The van der Waals surface area contributed by atoms with Gasteiger partial charge in [-0.15, -0.1) is 0 Å². The lowest BCUT2D eigenvalue weighted by atomic mass is 10.1. The second-order valence-electron chi connectivity index (χ2n) is 4.02. The first kappa shape index (κ1) is 11.7. The van der Waals surface area contributed by atoms with Crippen molar-refractivity contribution in [3.05, 3.63) is 34.3 Å². The molecule has 2 atom stereocenters. The van der Waals surface area contributed by atoms with Crippen molar-refractivity contribution in [3.63, 3.8) is 0 Å². The van der Waals surface area contributed by atoms with Gasteiger partial charge in [0.15, 0.2) is 0 Å². The average Bonchev–Trinajstić information content (AvgIpc) is 2.96. The van der Waals surface area contributed by atoms with Gasteiger partial charge in [-0.05, 0) is 36.0 Å². The van der Waals surface area contributed by atoms with Crippen LogP contribution in [0.1, 0.15) is 23.5 Å². The lowest BCUT2D eigenvalue weighted by molar-refractivity contribution is -0.137. The Balaban J connectivity index is 2.30.